The number of rotatable bonds is 10. The summed E-state index contributed by atoms with van der Waals surface area (Å²) in [4.78, 5) is 0. The second-order valence-electron chi connectivity index (χ2n) is 6.64. The van der Waals surface area contributed by atoms with Crippen LogP contribution in [-0.2, 0) is 4.74 Å². The van der Waals surface area contributed by atoms with E-state index in [1.807, 2.05) is 0 Å². The quantitative estimate of drug-likeness (QED) is 0.342. The van der Waals surface area contributed by atoms with E-state index in [1.165, 1.54) is 62.5 Å². The van der Waals surface area contributed by atoms with Crippen molar-refractivity contribution in [2.24, 2.45) is 0 Å². The van der Waals surface area contributed by atoms with Crippen molar-refractivity contribution in [3.05, 3.63) is 23.3 Å². The normalized spacial score (nSPS) is 26.9. The molecule has 116 valence electrons. The molecule has 1 aliphatic rings. The molecular formula is C19H34O. The molecule has 0 spiro atoms. The first kappa shape index (κ1) is 17.5. The summed E-state index contributed by atoms with van der Waals surface area (Å²) in [5.41, 5.74) is 3.23. The Morgan fingerprint density at radius 2 is 1.65 bits per heavy atom. The highest BCUT2D eigenvalue weighted by atomic mass is 16.6. The number of ether oxygens (including phenoxy) is 1. The van der Waals surface area contributed by atoms with E-state index in [2.05, 4.69) is 46.8 Å². The van der Waals surface area contributed by atoms with Gasteiger partial charge in [0.1, 0.15) is 0 Å². The van der Waals surface area contributed by atoms with Crippen molar-refractivity contribution in [2.75, 3.05) is 0 Å². The van der Waals surface area contributed by atoms with Crippen LogP contribution in [0.2, 0.25) is 0 Å². The highest BCUT2D eigenvalue weighted by molar-refractivity contribution is 5.06. The minimum Gasteiger partial charge on any atom is -0.366 e. The largest absolute Gasteiger partial charge is 0.366 e. The summed E-state index contributed by atoms with van der Waals surface area (Å²) in [6, 6.07) is 0. The molecule has 0 aliphatic carbocycles. The maximum atomic E-state index is 5.94. The molecule has 1 heteroatoms. The van der Waals surface area contributed by atoms with Gasteiger partial charge in [-0.15, -0.1) is 0 Å². The fourth-order valence-electron chi connectivity index (χ4n) is 2.83. The summed E-state index contributed by atoms with van der Waals surface area (Å²) >= 11 is 0. The number of unbranched alkanes of at least 4 members (excludes halogenated alkanes) is 1. The molecule has 20 heavy (non-hydrogen) atoms. The fourth-order valence-corrected chi connectivity index (χ4v) is 2.83. The molecule has 1 aliphatic heterocycles. The van der Waals surface area contributed by atoms with Crippen LogP contribution in [0.5, 0.6) is 0 Å². The van der Waals surface area contributed by atoms with E-state index in [-0.39, 0.29) is 5.60 Å². The zero-order valence-corrected chi connectivity index (χ0v) is 14.3. The van der Waals surface area contributed by atoms with Crippen molar-refractivity contribution in [2.45, 2.75) is 97.7 Å². The smallest absolute Gasteiger partial charge is 0.0923 e. The van der Waals surface area contributed by atoms with E-state index >= 15 is 0 Å². The highest BCUT2D eigenvalue weighted by Crippen LogP contribution is 2.43. The standard InChI is InChI=1S/C19H34O/c1-6-8-11-17(4)13-14-18-19(5,20-18)15-9-12-16(3)10-7-2/h11-12,18H,6-10,13-15H2,1-5H3/b16-12-,17-11-. The second kappa shape index (κ2) is 8.67. The maximum absolute atomic E-state index is 5.94. The van der Waals surface area contributed by atoms with Crippen molar-refractivity contribution in [3.63, 3.8) is 0 Å². The van der Waals surface area contributed by atoms with Gasteiger partial charge in [-0.1, -0.05) is 50.0 Å². The van der Waals surface area contributed by atoms with Crippen molar-refractivity contribution in [1.82, 2.24) is 0 Å². The minimum atomic E-state index is 0.161. The monoisotopic (exact) mass is 278 g/mol. The van der Waals surface area contributed by atoms with E-state index < -0.39 is 0 Å². The van der Waals surface area contributed by atoms with Crippen LogP contribution in [0.3, 0.4) is 0 Å². The third kappa shape index (κ3) is 6.26. The maximum Gasteiger partial charge on any atom is 0.0923 e. The predicted octanol–water partition coefficient (Wildman–Crippen LogP) is 6.20. The molecule has 0 radical (unpaired) electrons. The van der Waals surface area contributed by atoms with Crippen LogP contribution < -0.4 is 0 Å². The molecule has 0 bridgehead atoms. The highest BCUT2D eigenvalue weighted by Gasteiger charge is 2.50. The Labute approximate surface area is 126 Å². The van der Waals surface area contributed by atoms with Crippen LogP contribution in [0, 0.1) is 0 Å². The van der Waals surface area contributed by atoms with Gasteiger partial charge in [-0.05, 0) is 59.3 Å². The lowest BCUT2D eigenvalue weighted by atomic mass is 9.96. The minimum absolute atomic E-state index is 0.161. The zero-order valence-electron chi connectivity index (χ0n) is 14.3. The van der Waals surface area contributed by atoms with E-state index in [1.54, 1.807) is 0 Å². The van der Waals surface area contributed by atoms with Crippen molar-refractivity contribution >= 4 is 0 Å². The van der Waals surface area contributed by atoms with Crippen molar-refractivity contribution < 1.29 is 4.74 Å². The number of epoxide rings is 1. The Morgan fingerprint density at radius 1 is 1.00 bits per heavy atom. The van der Waals surface area contributed by atoms with Gasteiger partial charge in [0.15, 0.2) is 0 Å². The average molecular weight is 278 g/mol. The van der Waals surface area contributed by atoms with Gasteiger partial charge in [0.05, 0.1) is 11.7 Å². The van der Waals surface area contributed by atoms with Gasteiger partial charge < -0.3 is 4.74 Å². The molecule has 1 rings (SSSR count). The molecule has 1 fully saturated rings. The topological polar surface area (TPSA) is 12.5 Å². The molecule has 1 heterocycles. The van der Waals surface area contributed by atoms with Crippen molar-refractivity contribution in [3.8, 4) is 0 Å². The Balaban J connectivity index is 2.21. The molecule has 2 unspecified atom stereocenters. The molecule has 2 atom stereocenters. The van der Waals surface area contributed by atoms with Gasteiger partial charge in [-0.2, -0.15) is 0 Å². The first-order valence-electron chi connectivity index (χ1n) is 8.51. The first-order valence-corrected chi connectivity index (χ1v) is 8.51. The number of hydrogen-bond acceptors (Lipinski definition) is 1. The molecular weight excluding hydrogens is 244 g/mol. The summed E-state index contributed by atoms with van der Waals surface area (Å²) < 4.78 is 5.94. The lowest BCUT2D eigenvalue weighted by Gasteiger charge is -2.05. The molecule has 1 saturated heterocycles. The second-order valence-corrected chi connectivity index (χ2v) is 6.64. The summed E-state index contributed by atoms with van der Waals surface area (Å²) in [6.07, 6.45) is 15.0. The van der Waals surface area contributed by atoms with Gasteiger partial charge in [0.2, 0.25) is 0 Å². The Hall–Kier alpha value is -0.560. The first-order chi connectivity index (χ1) is 9.51. The summed E-state index contributed by atoms with van der Waals surface area (Å²) in [5, 5.41) is 0. The molecule has 0 aromatic rings. The Kier molecular flexibility index (Phi) is 7.58. The fraction of sp³-hybridized carbons (Fsp3) is 0.789. The SMILES string of the molecule is CCC/C=C(/C)CCC1OC1(C)CC/C=C(/C)CCC. The van der Waals surface area contributed by atoms with Gasteiger partial charge in [0, 0.05) is 0 Å². The summed E-state index contributed by atoms with van der Waals surface area (Å²) in [5.74, 6) is 0. The summed E-state index contributed by atoms with van der Waals surface area (Å²) in [6.45, 7) is 11.3. The van der Waals surface area contributed by atoms with Gasteiger partial charge in [0.25, 0.3) is 0 Å². The van der Waals surface area contributed by atoms with Crippen LogP contribution in [0.1, 0.15) is 86.0 Å². The number of hydrogen-bond donors (Lipinski definition) is 0. The zero-order chi connectivity index (χ0) is 15.0. The van der Waals surface area contributed by atoms with Crippen LogP contribution in [0.15, 0.2) is 23.3 Å². The van der Waals surface area contributed by atoms with Crippen LogP contribution in [-0.4, -0.2) is 11.7 Å². The molecule has 0 saturated carbocycles. The molecule has 0 aromatic heterocycles. The average Bonchev–Trinajstić information content (AvgIpc) is 3.05. The lowest BCUT2D eigenvalue weighted by Crippen LogP contribution is -2.09. The van der Waals surface area contributed by atoms with Gasteiger partial charge >= 0.3 is 0 Å². The van der Waals surface area contributed by atoms with Crippen LogP contribution in [0.25, 0.3) is 0 Å². The Morgan fingerprint density at radius 3 is 2.30 bits per heavy atom. The third-order valence-electron chi connectivity index (χ3n) is 4.40. The van der Waals surface area contributed by atoms with E-state index in [0.717, 1.165) is 0 Å². The third-order valence-corrected chi connectivity index (χ3v) is 4.40. The molecule has 0 amide bonds. The van der Waals surface area contributed by atoms with Crippen molar-refractivity contribution in [1.29, 1.82) is 0 Å². The molecule has 0 aromatic carbocycles. The van der Waals surface area contributed by atoms with E-state index in [0.29, 0.717) is 6.10 Å². The van der Waals surface area contributed by atoms with Crippen LogP contribution >= 0.6 is 0 Å². The lowest BCUT2D eigenvalue weighted by molar-refractivity contribution is 0.295. The predicted molar refractivity (Wildman–Crippen MR) is 89.1 cm³/mol. The Bertz CT molecular complexity index is 340. The molecule has 1 nitrogen and oxygen atoms in total. The van der Waals surface area contributed by atoms with Gasteiger partial charge in [-0.25, -0.2) is 0 Å². The van der Waals surface area contributed by atoms with Crippen LogP contribution in [0.4, 0.5) is 0 Å². The van der Waals surface area contributed by atoms with E-state index in [4.69, 9.17) is 4.74 Å². The van der Waals surface area contributed by atoms with E-state index in [9.17, 15) is 0 Å². The van der Waals surface area contributed by atoms with Gasteiger partial charge in [-0.3, -0.25) is 0 Å². The summed E-state index contributed by atoms with van der Waals surface area (Å²) in [7, 11) is 0. The number of allylic oxidation sites excluding steroid dienone is 4. The molecule has 0 N–H and O–H groups in total.